The van der Waals surface area contributed by atoms with Gasteiger partial charge in [0.2, 0.25) is 0 Å². The molecule has 0 fully saturated rings. The minimum Gasteiger partial charge on any atom is -0.330 e. The molecule has 1 unspecified atom stereocenters. The van der Waals surface area contributed by atoms with E-state index in [4.69, 9.17) is 5.73 Å². The van der Waals surface area contributed by atoms with Gasteiger partial charge in [0.05, 0.1) is 6.04 Å². The fourth-order valence-corrected chi connectivity index (χ4v) is 1.22. The van der Waals surface area contributed by atoms with Crippen LogP contribution in [0.3, 0.4) is 0 Å². The van der Waals surface area contributed by atoms with E-state index in [9.17, 15) is 4.79 Å². The molecule has 3 N–H and O–H groups in total. The molecule has 0 radical (unpaired) electrons. The number of carbonyl (C=O) groups excluding carboxylic acids is 1. The monoisotopic (exact) mass is 186 g/mol. The maximum atomic E-state index is 11.2. The summed E-state index contributed by atoms with van der Waals surface area (Å²) in [6.45, 7) is 8.46. The molecule has 0 aromatic heterocycles. The quantitative estimate of drug-likeness (QED) is 0.675. The number of nitrogens with two attached hydrogens (primary N) is 1. The predicted octanol–water partition coefficient (Wildman–Crippen LogP) is 1.07. The Balaban J connectivity index is 4.03. The van der Waals surface area contributed by atoms with Gasteiger partial charge in [-0.3, -0.25) is 4.79 Å². The Labute approximate surface area is 81.1 Å². The lowest BCUT2D eigenvalue weighted by atomic mass is 10.0. The molecule has 0 aliphatic carbocycles. The summed E-state index contributed by atoms with van der Waals surface area (Å²) in [5.41, 5.74) is 5.39. The van der Waals surface area contributed by atoms with E-state index in [2.05, 4.69) is 26.1 Å². The van der Waals surface area contributed by atoms with E-state index >= 15 is 0 Å². The Hall–Kier alpha value is -0.410. The smallest absolute Gasteiger partial charge is 0.146 e. The highest BCUT2D eigenvalue weighted by Crippen LogP contribution is 2.06. The second-order valence-corrected chi connectivity index (χ2v) is 4.49. The summed E-state index contributed by atoms with van der Waals surface area (Å²) in [5, 5.41) is 3.29. The first kappa shape index (κ1) is 12.6. The molecule has 78 valence electrons. The van der Waals surface area contributed by atoms with Crippen molar-refractivity contribution in [2.75, 3.05) is 6.54 Å². The normalized spacial score (nSPS) is 14.2. The highest BCUT2D eigenvalue weighted by atomic mass is 16.1. The lowest BCUT2D eigenvalue weighted by Gasteiger charge is -2.26. The van der Waals surface area contributed by atoms with Crippen LogP contribution in [0.2, 0.25) is 0 Å². The molecule has 0 aromatic rings. The van der Waals surface area contributed by atoms with Gasteiger partial charge in [-0.15, -0.1) is 0 Å². The van der Waals surface area contributed by atoms with Crippen LogP contribution < -0.4 is 11.1 Å². The second-order valence-electron chi connectivity index (χ2n) is 4.49. The lowest BCUT2D eigenvalue weighted by Crippen LogP contribution is -2.47. The van der Waals surface area contributed by atoms with E-state index in [-0.39, 0.29) is 17.4 Å². The van der Waals surface area contributed by atoms with Gasteiger partial charge in [0.15, 0.2) is 0 Å². The number of hydrogen-bond donors (Lipinski definition) is 2. The SMILES string of the molecule is CC(=O)C(CCCN)NC(C)(C)C. The van der Waals surface area contributed by atoms with E-state index < -0.39 is 0 Å². The van der Waals surface area contributed by atoms with Gasteiger partial charge in [-0.05, 0) is 47.1 Å². The van der Waals surface area contributed by atoms with Crippen LogP contribution in [0.15, 0.2) is 0 Å². The molecular formula is C10H22N2O. The van der Waals surface area contributed by atoms with E-state index in [1.54, 1.807) is 6.92 Å². The molecule has 0 saturated heterocycles. The van der Waals surface area contributed by atoms with Crippen molar-refractivity contribution >= 4 is 5.78 Å². The molecule has 13 heavy (non-hydrogen) atoms. The predicted molar refractivity (Wildman–Crippen MR) is 55.6 cm³/mol. The van der Waals surface area contributed by atoms with Crippen LogP contribution in [0.1, 0.15) is 40.5 Å². The third kappa shape index (κ3) is 6.72. The summed E-state index contributed by atoms with van der Waals surface area (Å²) in [6, 6.07) is -0.0384. The Morgan fingerprint density at radius 3 is 2.31 bits per heavy atom. The molecule has 0 aromatic carbocycles. The number of rotatable bonds is 5. The van der Waals surface area contributed by atoms with Crippen LogP contribution in [-0.2, 0) is 4.79 Å². The van der Waals surface area contributed by atoms with Crippen molar-refractivity contribution in [3.63, 3.8) is 0 Å². The Kier molecular flexibility index (Phi) is 5.18. The molecular weight excluding hydrogens is 164 g/mol. The first-order chi connectivity index (χ1) is 5.87. The van der Waals surface area contributed by atoms with E-state index in [1.165, 1.54) is 0 Å². The number of Topliss-reactive ketones (excluding diaryl/α,β-unsaturated/α-hetero) is 1. The molecule has 0 heterocycles. The van der Waals surface area contributed by atoms with Crippen molar-refractivity contribution in [1.82, 2.24) is 5.32 Å². The zero-order valence-corrected chi connectivity index (χ0v) is 9.18. The highest BCUT2D eigenvalue weighted by molar-refractivity contribution is 5.81. The minimum atomic E-state index is -0.0384. The van der Waals surface area contributed by atoms with Gasteiger partial charge < -0.3 is 11.1 Å². The van der Waals surface area contributed by atoms with Gasteiger partial charge in [-0.25, -0.2) is 0 Å². The standard InChI is InChI=1S/C10H22N2O/c1-8(13)9(6-5-7-11)12-10(2,3)4/h9,12H,5-7,11H2,1-4H3. The van der Waals surface area contributed by atoms with E-state index in [1.807, 2.05) is 0 Å². The molecule has 0 spiro atoms. The maximum Gasteiger partial charge on any atom is 0.146 e. The highest BCUT2D eigenvalue weighted by Gasteiger charge is 2.19. The van der Waals surface area contributed by atoms with Crippen molar-refractivity contribution in [2.45, 2.75) is 52.1 Å². The number of nitrogens with one attached hydrogen (secondary N) is 1. The molecule has 0 rings (SSSR count). The van der Waals surface area contributed by atoms with E-state index in [0.717, 1.165) is 12.8 Å². The second kappa shape index (κ2) is 5.35. The van der Waals surface area contributed by atoms with Gasteiger partial charge in [0.25, 0.3) is 0 Å². The van der Waals surface area contributed by atoms with Crippen molar-refractivity contribution < 1.29 is 4.79 Å². The van der Waals surface area contributed by atoms with Crippen LogP contribution in [0.5, 0.6) is 0 Å². The first-order valence-electron chi connectivity index (χ1n) is 4.85. The molecule has 3 heteroatoms. The Bertz CT molecular complexity index is 161. The van der Waals surface area contributed by atoms with Gasteiger partial charge in [0, 0.05) is 5.54 Å². The Morgan fingerprint density at radius 2 is 2.00 bits per heavy atom. The average Bonchev–Trinajstić information content (AvgIpc) is 1.95. The van der Waals surface area contributed by atoms with Gasteiger partial charge >= 0.3 is 0 Å². The Morgan fingerprint density at radius 1 is 1.46 bits per heavy atom. The first-order valence-corrected chi connectivity index (χ1v) is 4.85. The largest absolute Gasteiger partial charge is 0.330 e. The molecule has 0 saturated carbocycles. The van der Waals surface area contributed by atoms with Crippen molar-refractivity contribution in [1.29, 1.82) is 0 Å². The van der Waals surface area contributed by atoms with E-state index in [0.29, 0.717) is 6.54 Å². The summed E-state index contributed by atoms with van der Waals surface area (Å²) < 4.78 is 0. The van der Waals surface area contributed by atoms with Crippen LogP contribution in [-0.4, -0.2) is 23.9 Å². The summed E-state index contributed by atoms with van der Waals surface area (Å²) >= 11 is 0. The van der Waals surface area contributed by atoms with Crippen molar-refractivity contribution in [2.24, 2.45) is 5.73 Å². The fraction of sp³-hybridized carbons (Fsp3) is 0.900. The van der Waals surface area contributed by atoms with Crippen LogP contribution in [0.4, 0.5) is 0 Å². The summed E-state index contributed by atoms with van der Waals surface area (Å²) in [7, 11) is 0. The topological polar surface area (TPSA) is 55.1 Å². The average molecular weight is 186 g/mol. The summed E-state index contributed by atoms with van der Waals surface area (Å²) in [6.07, 6.45) is 1.73. The van der Waals surface area contributed by atoms with Gasteiger partial charge in [-0.2, -0.15) is 0 Å². The minimum absolute atomic E-state index is 0.00899. The third-order valence-electron chi connectivity index (χ3n) is 1.79. The van der Waals surface area contributed by atoms with Crippen LogP contribution in [0, 0.1) is 0 Å². The summed E-state index contributed by atoms with van der Waals surface area (Å²) in [5.74, 6) is 0.198. The van der Waals surface area contributed by atoms with Gasteiger partial charge in [0.1, 0.15) is 5.78 Å². The zero-order valence-electron chi connectivity index (χ0n) is 9.18. The van der Waals surface area contributed by atoms with Crippen LogP contribution in [0.25, 0.3) is 0 Å². The zero-order chi connectivity index (χ0) is 10.5. The molecule has 0 aliphatic heterocycles. The maximum absolute atomic E-state index is 11.2. The van der Waals surface area contributed by atoms with Crippen molar-refractivity contribution in [3.05, 3.63) is 0 Å². The molecule has 3 nitrogen and oxygen atoms in total. The van der Waals surface area contributed by atoms with Gasteiger partial charge in [-0.1, -0.05) is 0 Å². The molecule has 1 atom stereocenters. The third-order valence-corrected chi connectivity index (χ3v) is 1.79. The number of hydrogen-bond acceptors (Lipinski definition) is 3. The molecule has 0 aliphatic rings. The van der Waals surface area contributed by atoms with Crippen LogP contribution >= 0.6 is 0 Å². The number of carbonyl (C=O) groups is 1. The lowest BCUT2D eigenvalue weighted by molar-refractivity contribution is -0.119. The van der Waals surface area contributed by atoms with Crippen molar-refractivity contribution in [3.8, 4) is 0 Å². The number of ketones is 1. The molecule has 0 bridgehead atoms. The summed E-state index contributed by atoms with van der Waals surface area (Å²) in [4.78, 5) is 11.2. The molecule has 0 amide bonds. The fourth-order valence-electron chi connectivity index (χ4n) is 1.22.